The number of methoxy groups -OCH3 is 1. The summed E-state index contributed by atoms with van der Waals surface area (Å²) in [5.74, 6) is 0.0683. The highest BCUT2D eigenvalue weighted by Gasteiger charge is 2.35. The molecule has 1 aromatic rings. The second-order valence-electron chi connectivity index (χ2n) is 9.22. The van der Waals surface area contributed by atoms with Crippen LogP contribution in [0.25, 0.3) is 0 Å². The first-order chi connectivity index (χ1) is 15.6. The fourth-order valence-corrected chi connectivity index (χ4v) is 5.36. The van der Waals surface area contributed by atoms with Crippen molar-refractivity contribution in [2.75, 3.05) is 26.7 Å². The van der Waals surface area contributed by atoms with Crippen LogP contribution >= 0.6 is 0 Å². The normalized spacial score (nSPS) is 19.0. The van der Waals surface area contributed by atoms with E-state index in [9.17, 15) is 18.0 Å². The fraction of sp³-hybridized carbons (Fsp3) is 0.667. The van der Waals surface area contributed by atoms with Crippen LogP contribution in [-0.2, 0) is 19.6 Å². The molecule has 8 nitrogen and oxygen atoms in total. The molecule has 0 aliphatic carbocycles. The lowest BCUT2D eigenvalue weighted by Crippen LogP contribution is -2.54. The Balaban J connectivity index is 2.07. The molecule has 1 aromatic carbocycles. The summed E-state index contributed by atoms with van der Waals surface area (Å²) in [5, 5.41) is 5.84. The molecule has 2 amide bonds. The Morgan fingerprint density at radius 2 is 1.85 bits per heavy atom. The van der Waals surface area contributed by atoms with Gasteiger partial charge in [-0.15, -0.1) is 0 Å². The molecule has 0 aromatic heterocycles. The van der Waals surface area contributed by atoms with Gasteiger partial charge in [0.2, 0.25) is 21.8 Å². The van der Waals surface area contributed by atoms with Crippen molar-refractivity contribution in [2.24, 2.45) is 17.8 Å². The van der Waals surface area contributed by atoms with Crippen LogP contribution in [0, 0.1) is 17.8 Å². The molecule has 33 heavy (non-hydrogen) atoms. The van der Waals surface area contributed by atoms with Crippen LogP contribution in [0.15, 0.2) is 29.2 Å². The number of rotatable bonds is 11. The highest BCUT2D eigenvalue weighted by atomic mass is 32.2. The van der Waals surface area contributed by atoms with Gasteiger partial charge in [-0.2, -0.15) is 4.31 Å². The fourth-order valence-electron chi connectivity index (χ4n) is 3.84. The summed E-state index contributed by atoms with van der Waals surface area (Å²) in [6, 6.07) is 5.60. The summed E-state index contributed by atoms with van der Waals surface area (Å²) in [5.41, 5.74) is 0. The summed E-state index contributed by atoms with van der Waals surface area (Å²) in [7, 11) is -2.20. The largest absolute Gasteiger partial charge is 0.497 e. The maximum atomic E-state index is 13.1. The van der Waals surface area contributed by atoms with Crippen molar-refractivity contribution in [3.05, 3.63) is 24.3 Å². The number of piperidine rings is 1. The van der Waals surface area contributed by atoms with E-state index in [1.165, 1.54) is 23.5 Å². The molecule has 1 fully saturated rings. The smallest absolute Gasteiger partial charge is 0.243 e. The highest BCUT2D eigenvalue weighted by Crippen LogP contribution is 2.25. The van der Waals surface area contributed by atoms with Crippen molar-refractivity contribution in [1.29, 1.82) is 0 Å². The Kier molecular flexibility index (Phi) is 10.2. The molecule has 2 N–H and O–H groups in total. The van der Waals surface area contributed by atoms with Crippen LogP contribution in [0.3, 0.4) is 0 Å². The SMILES string of the molecule is CC[C@@H](C)[C@H](NC(=O)[C@@H]1CCCN(S(=O)(=O)c2ccc(OC)cc2)C1)C(=O)NCCC(C)C. The zero-order valence-electron chi connectivity index (χ0n) is 20.5. The number of hydrogen-bond donors (Lipinski definition) is 2. The number of nitrogens with zero attached hydrogens (tertiary/aromatic N) is 1. The Hall–Kier alpha value is -2.13. The predicted molar refractivity (Wildman–Crippen MR) is 128 cm³/mol. The van der Waals surface area contributed by atoms with Gasteiger partial charge in [0.1, 0.15) is 11.8 Å². The summed E-state index contributed by atoms with van der Waals surface area (Å²) in [4.78, 5) is 26.0. The Morgan fingerprint density at radius 1 is 1.18 bits per heavy atom. The molecule has 0 unspecified atom stereocenters. The molecule has 1 aliphatic rings. The molecule has 0 saturated carbocycles. The molecule has 9 heteroatoms. The van der Waals surface area contributed by atoms with E-state index in [2.05, 4.69) is 24.5 Å². The quantitative estimate of drug-likeness (QED) is 0.506. The lowest BCUT2D eigenvalue weighted by Gasteiger charge is -2.33. The van der Waals surface area contributed by atoms with Crippen LogP contribution in [0.1, 0.15) is 53.4 Å². The molecule has 2 rings (SSSR count). The zero-order chi connectivity index (χ0) is 24.6. The van der Waals surface area contributed by atoms with Crippen molar-refractivity contribution in [3.8, 4) is 5.75 Å². The maximum Gasteiger partial charge on any atom is 0.243 e. The molecular weight excluding hydrogens is 442 g/mol. The monoisotopic (exact) mass is 481 g/mol. The van der Waals surface area contributed by atoms with Gasteiger partial charge >= 0.3 is 0 Å². The average Bonchev–Trinajstić information content (AvgIpc) is 2.81. The molecule has 0 bridgehead atoms. The summed E-state index contributed by atoms with van der Waals surface area (Å²) >= 11 is 0. The molecule has 3 atom stereocenters. The third-order valence-electron chi connectivity index (χ3n) is 6.27. The van der Waals surface area contributed by atoms with Crippen molar-refractivity contribution >= 4 is 21.8 Å². The number of benzene rings is 1. The van der Waals surface area contributed by atoms with Crippen LogP contribution in [0.2, 0.25) is 0 Å². The van der Waals surface area contributed by atoms with Gasteiger partial charge in [-0.25, -0.2) is 8.42 Å². The van der Waals surface area contributed by atoms with Crippen molar-refractivity contribution < 1.29 is 22.7 Å². The van der Waals surface area contributed by atoms with Gasteiger partial charge in [-0.05, 0) is 55.4 Å². The lowest BCUT2D eigenvalue weighted by atomic mass is 9.94. The average molecular weight is 482 g/mol. The predicted octanol–water partition coefficient (Wildman–Crippen LogP) is 2.79. The first kappa shape index (κ1) is 27.1. The number of carbonyl (C=O) groups excluding carboxylic acids is 2. The van der Waals surface area contributed by atoms with E-state index in [-0.39, 0.29) is 29.2 Å². The number of carbonyl (C=O) groups is 2. The maximum absolute atomic E-state index is 13.1. The van der Waals surface area contributed by atoms with Crippen LogP contribution < -0.4 is 15.4 Å². The van der Waals surface area contributed by atoms with Gasteiger partial charge in [-0.1, -0.05) is 34.1 Å². The molecule has 186 valence electrons. The van der Waals surface area contributed by atoms with Gasteiger partial charge in [0, 0.05) is 19.6 Å². The van der Waals surface area contributed by atoms with Gasteiger partial charge in [0.05, 0.1) is 17.9 Å². The third-order valence-corrected chi connectivity index (χ3v) is 8.15. The van der Waals surface area contributed by atoms with E-state index in [1.54, 1.807) is 12.1 Å². The minimum Gasteiger partial charge on any atom is -0.497 e. The number of amides is 2. The number of sulfonamides is 1. The first-order valence-electron chi connectivity index (χ1n) is 11.8. The lowest BCUT2D eigenvalue weighted by molar-refractivity contribution is -0.133. The van der Waals surface area contributed by atoms with E-state index in [0.29, 0.717) is 37.6 Å². The van der Waals surface area contributed by atoms with Crippen LogP contribution in [0.5, 0.6) is 5.75 Å². The minimum absolute atomic E-state index is 0.0317. The summed E-state index contributed by atoms with van der Waals surface area (Å²) in [6.07, 6.45) is 2.78. The van der Waals surface area contributed by atoms with E-state index in [0.717, 1.165) is 12.8 Å². The second kappa shape index (κ2) is 12.4. The zero-order valence-corrected chi connectivity index (χ0v) is 21.3. The molecule has 0 spiro atoms. The van der Waals surface area contributed by atoms with E-state index in [1.807, 2.05) is 13.8 Å². The van der Waals surface area contributed by atoms with Crippen LogP contribution in [-0.4, -0.2) is 57.3 Å². The van der Waals surface area contributed by atoms with Gasteiger partial charge in [-0.3, -0.25) is 9.59 Å². The standard InChI is InChI=1S/C24H39N3O5S/c1-6-18(4)22(24(29)25-14-13-17(2)3)26-23(28)19-8-7-15-27(16-19)33(30,31)21-11-9-20(32-5)10-12-21/h9-12,17-19,22H,6-8,13-16H2,1-5H3,(H,25,29)(H,26,28)/t18-,19-,22+/m1/s1. The van der Waals surface area contributed by atoms with E-state index < -0.39 is 22.0 Å². The number of nitrogens with one attached hydrogen (secondary N) is 2. The third kappa shape index (κ3) is 7.43. The van der Waals surface area contributed by atoms with Crippen molar-refractivity contribution in [2.45, 2.75) is 64.3 Å². The van der Waals surface area contributed by atoms with Gasteiger partial charge in [0.25, 0.3) is 0 Å². The molecule has 0 radical (unpaired) electrons. The molecule has 1 heterocycles. The van der Waals surface area contributed by atoms with Crippen molar-refractivity contribution in [1.82, 2.24) is 14.9 Å². The topological polar surface area (TPSA) is 105 Å². The summed E-state index contributed by atoms with van der Waals surface area (Å²) in [6.45, 7) is 9.13. The Morgan fingerprint density at radius 3 is 2.42 bits per heavy atom. The number of ether oxygens (including phenoxy) is 1. The van der Waals surface area contributed by atoms with Gasteiger partial charge in [0.15, 0.2) is 0 Å². The summed E-state index contributed by atoms with van der Waals surface area (Å²) < 4.78 is 32.7. The first-order valence-corrected chi connectivity index (χ1v) is 13.3. The van der Waals surface area contributed by atoms with Gasteiger partial charge < -0.3 is 15.4 Å². The van der Waals surface area contributed by atoms with E-state index >= 15 is 0 Å². The van der Waals surface area contributed by atoms with Crippen molar-refractivity contribution in [3.63, 3.8) is 0 Å². The molecule has 1 saturated heterocycles. The Bertz CT molecular complexity index is 886. The minimum atomic E-state index is -3.72. The molecule has 1 aliphatic heterocycles. The number of hydrogen-bond acceptors (Lipinski definition) is 5. The Labute approximate surface area is 198 Å². The second-order valence-corrected chi connectivity index (χ2v) is 11.2. The van der Waals surface area contributed by atoms with Crippen LogP contribution in [0.4, 0.5) is 0 Å². The highest BCUT2D eigenvalue weighted by molar-refractivity contribution is 7.89. The van der Waals surface area contributed by atoms with E-state index in [4.69, 9.17) is 4.74 Å². The molecular formula is C24H39N3O5S.